The Morgan fingerprint density at radius 1 is 1.26 bits per heavy atom. The molecule has 0 unspecified atom stereocenters. The number of hydrogen-bond acceptors (Lipinski definition) is 3. The molecule has 0 bridgehead atoms. The zero-order valence-corrected chi connectivity index (χ0v) is 10.4. The highest BCUT2D eigenvalue weighted by Gasteiger charge is 2.28. The van der Waals surface area contributed by atoms with Gasteiger partial charge in [-0.05, 0) is 17.7 Å². The van der Waals surface area contributed by atoms with E-state index in [0.717, 1.165) is 6.07 Å². The van der Waals surface area contributed by atoms with Gasteiger partial charge in [0.1, 0.15) is 0 Å². The summed E-state index contributed by atoms with van der Waals surface area (Å²) in [7, 11) is 1.56. The topological polar surface area (TPSA) is 30.5 Å². The number of nitrogens with one attached hydrogen (secondary N) is 1. The number of halogens is 4. The standard InChI is InChI=1S/C12H15F4NO2/c1-18-5-4-17-7-9-2-3-11(10(13)6-9)19-8-12(14,15)16/h2-3,6,17H,4-5,7-8H2,1H3. The second-order valence-corrected chi connectivity index (χ2v) is 3.84. The van der Waals surface area contributed by atoms with Crippen LogP contribution in [-0.2, 0) is 11.3 Å². The van der Waals surface area contributed by atoms with Crippen molar-refractivity contribution in [3.8, 4) is 5.75 Å². The van der Waals surface area contributed by atoms with E-state index in [4.69, 9.17) is 4.74 Å². The lowest BCUT2D eigenvalue weighted by Crippen LogP contribution is -2.20. The van der Waals surface area contributed by atoms with E-state index >= 15 is 0 Å². The molecule has 0 atom stereocenters. The maximum atomic E-state index is 13.5. The number of ether oxygens (including phenoxy) is 2. The van der Waals surface area contributed by atoms with Gasteiger partial charge in [0, 0.05) is 20.2 Å². The molecule has 1 rings (SSSR count). The van der Waals surface area contributed by atoms with Gasteiger partial charge < -0.3 is 14.8 Å². The first-order chi connectivity index (χ1) is 8.92. The number of alkyl halides is 3. The Kier molecular flexibility index (Phi) is 6.04. The summed E-state index contributed by atoms with van der Waals surface area (Å²) in [6.07, 6.45) is -4.48. The van der Waals surface area contributed by atoms with Crippen LogP contribution in [0.2, 0.25) is 0 Å². The van der Waals surface area contributed by atoms with Crippen LogP contribution in [0, 0.1) is 5.82 Å². The lowest BCUT2D eigenvalue weighted by molar-refractivity contribution is -0.153. The Hall–Kier alpha value is -1.34. The predicted octanol–water partition coefficient (Wildman–Crippen LogP) is 2.50. The minimum absolute atomic E-state index is 0.403. The summed E-state index contributed by atoms with van der Waals surface area (Å²) in [5, 5.41) is 2.99. The van der Waals surface area contributed by atoms with Crippen molar-refractivity contribution in [1.29, 1.82) is 0 Å². The van der Waals surface area contributed by atoms with Crippen LogP contribution in [0.15, 0.2) is 18.2 Å². The predicted molar refractivity (Wildman–Crippen MR) is 61.5 cm³/mol. The molecule has 3 nitrogen and oxygen atoms in total. The Labute approximate surface area is 108 Å². The van der Waals surface area contributed by atoms with Gasteiger partial charge in [-0.15, -0.1) is 0 Å². The maximum Gasteiger partial charge on any atom is 0.422 e. The van der Waals surface area contributed by atoms with E-state index in [1.165, 1.54) is 12.1 Å². The molecular weight excluding hydrogens is 266 g/mol. The molecule has 7 heteroatoms. The van der Waals surface area contributed by atoms with Gasteiger partial charge in [0.15, 0.2) is 18.2 Å². The number of benzene rings is 1. The summed E-state index contributed by atoms with van der Waals surface area (Å²) in [6, 6.07) is 3.84. The molecule has 1 aromatic rings. The molecule has 0 aliphatic rings. The van der Waals surface area contributed by atoms with E-state index in [9.17, 15) is 17.6 Å². The highest BCUT2D eigenvalue weighted by Crippen LogP contribution is 2.22. The molecule has 0 heterocycles. The van der Waals surface area contributed by atoms with Crippen molar-refractivity contribution < 1.29 is 27.0 Å². The van der Waals surface area contributed by atoms with Crippen molar-refractivity contribution in [2.24, 2.45) is 0 Å². The fraction of sp³-hybridized carbons (Fsp3) is 0.500. The van der Waals surface area contributed by atoms with Crippen molar-refractivity contribution in [1.82, 2.24) is 5.32 Å². The number of rotatable bonds is 7. The van der Waals surface area contributed by atoms with Crippen LogP contribution in [0.4, 0.5) is 17.6 Å². The quantitative estimate of drug-likeness (QED) is 0.615. The van der Waals surface area contributed by atoms with Gasteiger partial charge in [-0.3, -0.25) is 0 Å². The van der Waals surface area contributed by atoms with E-state index in [0.29, 0.717) is 25.3 Å². The van der Waals surface area contributed by atoms with Crippen molar-refractivity contribution in [3.63, 3.8) is 0 Å². The van der Waals surface area contributed by atoms with Crippen LogP contribution in [-0.4, -0.2) is 33.0 Å². The van der Waals surface area contributed by atoms with Crippen LogP contribution in [0.1, 0.15) is 5.56 Å². The Morgan fingerprint density at radius 3 is 2.58 bits per heavy atom. The molecule has 0 fully saturated rings. The Bertz CT molecular complexity index is 396. The molecule has 19 heavy (non-hydrogen) atoms. The minimum Gasteiger partial charge on any atom is -0.481 e. The Balaban J connectivity index is 2.49. The van der Waals surface area contributed by atoms with Gasteiger partial charge >= 0.3 is 6.18 Å². The molecule has 0 aliphatic carbocycles. The van der Waals surface area contributed by atoms with Crippen LogP contribution >= 0.6 is 0 Å². The van der Waals surface area contributed by atoms with Gasteiger partial charge in [-0.2, -0.15) is 13.2 Å². The zero-order chi connectivity index (χ0) is 14.3. The molecule has 0 saturated heterocycles. The average molecular weight is 281 g/mol. The highest BCUT2D eigenvalue weighted by atomic mass is 19.4. The maximum absolute atomic E-state index is 13.5. The second kappa shape index (κ2) is 7.30. The van der Waals surface area contributed by atoms with E-state index in [2.05, 4.69) is 10.1 Å². The van der Waals surface area contributed by atoms with Gasteiger partial charge in [0.05, 0.1) is 6.61 Å². The highest BCUT2D eigenvalue weighted by molar-refractivity contribution is 5.29. The molecule has 0 radical (unpaired) electrons. The largest absolute Gasteiger partial charge is 0.481 e. The van der Waals surface area contributed by atoms with Crippen LogP contribution in [0.5, 0.6) is 5.75 Å². The first-order valence-corrected chi connectivity index (χ1v) is 5.60. The summed E-state index contributed by atoms with van der Waals surface area (Å²) < 4.78 is 58.4. The Morgan fingerprint density at radius 2 is 2.00 bits per heavy atom. The zero-order valence-electron chi connectivity index (χ0n) is 10.4. The molecule has 0 spiro atoms. The first kappa shape index (κ1) is 15.7. The number of methoxy groups -OCH3 is 1. The van der Waals surface area contributed by atoms with E-state index in [1.807, 2.05) is 0 Å². The van der Waals surface area contributed by atoms with Gasteiger partial charge in [0.2, 0.25) is 0 Å². The van der Waals surface area contributed by atoms with Crippen LogP contribution < -0.4 is 10.1 Å². The molecule has 1 N–H and O–H groups in total. The van der Waals surface area contributed by atoms with E-state index in [-0.39, 0.29) is 0 Å². The van der Waals surface area contributed by atoms with Gasteiger partial charge in [0.25, 0.3) is 0 Å². The van der Waals surface area contributed by atoms with E-state index in [1.54, 1.807) is 7.11 Å². The minimum atomic E-state index is -4.48. The SMILES string of the molecule is COCCNCc1ccc(OCC(F)(F)F)c(F)c1. The third-order valence-electron chi connectivity index (χ3n) is 2.20. The summed E-state index contributed by atoms with van der Waals surface area (Å²) >= 11 is 0. The summed E-state index contributed by atoms with van der Waals surface area (Å²) in [5.74, 6) is -1.21. The van der Waals surface area contributed by atoms with Crippen molar-refractivity contribution in [2.45, 2.75) is 12.7 Å². The molecule has 0 saturated carbocycles. The third kappa shape index (κ3) is 6.40. The van der Waals surface area contributed by atoms with Gasteiger partial charge in [-0.1, -0.05) is 6.07 Å². The molecule has 0 aromatic heterocycles. The first-order valence-electron chi connectivity index (χ1n) is 5.60. The molecule has 0 aliphatic heterocycles. The van der Waals surface area contributed by atoms with E-state index < -0.39 is 24.3 Å². The molecule has 1 aromatic carbocycles. The number of hydrogen-bond donors (Lipinski definition) is 1. The molecule has 0 amide bonds. The van der Waals surface area contributed by atoms with Crippen LogP contribution in [0.3, 0.4) is 0 Å². The fourth-order valence-electron chi connectivity index (χ4n) is 1.34. The fourth-order valence-corrected chi connectivity index (χ4v) is 1.34. The molecule has 108 valence electrons. The van der Waals surface area contributed by atoms with Crippen LogP contribution in [0.25, 0.3) is 0 Å². The van der Waals surface area contributed by atoms with Gasteiger partial charge in [-0.25, -0.2) is 4.39 Å². The lowest BCUT2D eigenvalue weighted by atomic mass is 10.2. The lowest BCUT2D eigenvalue weighted by Gasteiger charge is -2.11. The third-order valence-corrected chi connectivity index (χ3v) is 2.20. The monoisotopic (exact) mass is 281 g/mol. The second-order valence-electron chi connectivity index (χ2n) is 3.84. The smallest absolute Gasteiger partial charge is 0.422 e. The summed E-state index contributed by atoms with van der Waals surface area (Å²) in [4.78, 5) is 0. The van der Waals surface area contributed by atoms with Crippen molar-refractivity contribution in [3.05, 3.63) is 29.6 Å². The van der Waals surface area contributed by atoms with Crippen molar-refractivity contribution in [2.75, 3.05) is 26.9 Å². The summed E-state index contributed by atoms with van der Waals surface area (Å²) in [5.41, 5.74) is 0.618. The average Bonchev–Trinajstić information content (AvgIpc) is 2.32. The molecular formula is C12H15F4NO2. The summed E-state index contributed by atoms with van der Waals surface area (Å²) in [6.45, 7) is 0.0227. The van der Waals surface area contributed by atoms with Crippen molar-refractivity contribution >= 4 is 0 Å². The normalized spacial score (nSPS) is 11.6.